The fraction of sp³-hybridized carbons (Fsp3) is 0.421. The number of nitrogens with zero attached hydrogens (tertiary/aromatic N) is 2. The molecule has 0 unspecified atom stereocenters. The SMILES string of the molecule is Cc1c(S(=O)(=O)Nc2cc(C(=O)OC(C)C)cc(C(=O)OC(C)C)c2)cnn1C. The summed E-state index contributed by atoms with van der Waals surface area (Å²) in [6.07, 6.45) is 0.460. The number of anilines is 1. The predicted octanol–water partition coefficient (Wildman–Crippen LogP) is 2.66. The number of carbonyl (C=O) groups is 2. The standard InChI is InChI=1S/C19H25N3O6S/c1-11(2)27-18(23)14-7-15(19(24)28-12(3)4)9-16(8-14)21-29(25,26)17-10-20-22(6)13(17)5/h7-12,21H,1-6H3. The van der Waals surface area contributed by atoms with Gasteiger partial charge in [-0.3, -0.25) is 9.40 Å². The molecule has 1 aromatic carbocycles. The van der Waals surface area contributed by atoms with Gasteiger partial charge in [-0.1, -0.05) is 0 Å². The number of benzene rings is 1. The topological polar surface area (TPSA) is 117 Å². The lowest BCUT2D eigenvalue weighted by Gasteiger charge is -2.14. The van der Waals surface area contributed by atoms with Gasteiger partial charge in [-0.25, -0.2) is 18.0 Å². The molecule has 1 heterocycles. The number of aromatic nitrogens is 2. The van der Waals surface area contributed by atoms with Crippen molar-refractivity contribution in [3.63, 3.8) is 0 Å². The van der Waals surface area contributed by atoms with E-state index in [2.05, 4.69) is 9.82 Å². The van der Waals surface area contributed by atoms with E-state index in [1.165, 1.54) is 29.1 Å². The monoisotopic (exact) mass is 423 g/mol. The van der Waals surface area contributed by atoms with Crippen LogP contribution in [-0.2, 0) is 26.5 Å². The summed E-state index contributed by atoms with van der Waals surface area (Å²) >= 11 is 0. The zero-order chi connectivity index (χ0) is 21.9. The Labute approximate surface area is 170 Å². The normalized spacial score (nSPS) is 11.6. The second-order valence-corrected chi connectivity index (χ2v) is 8.68. The number of ether oxygens (including phenoxy) is 2. The minimum Gasteiger partial charge on any atom is -0.459 e. The molecule has 2 rings (SSSR count). The summed E-state index contributed by atoms with van der Waals surface area (Å²) in [6, 6.07) is 3.92. The van der Waals surface area contributed by atoms with Crippen LogP contribution in [0.15, 0.2) is 29.3 Å². The van der Waals surface area contributed by atoms with E-state index in [1.807, 2.05) is 0 Å². The maximum Gasteiger partial charge on any atom is 0.338 e. The molecule has 10 heteroatoms. The maximum atomic E-state index is 12.8. The van der Waals surface area contributed by atoms with Crippen molar-refractivity contribution in [3.8, 4) is 0 Å². The van der Waals surface area contributed by atoms with Gasteiger partial charge in [-0.15, -0.1) is 0 Å². The van der Waals surface area contributed by atoms with Crippen LogP contribution in [0.3, 0.4) is 0 Å². The molecule has 0 spiro atoms. The van der Waals surface area contributed by atoms with Crippen LogP contribution in [0.2, 0.25) is 0 Å². The predicted molar refractivity (Wildman–Crippen MR) is 106 cm³/mol. The highest BCUT2D eigenvalue weighted by Crippen LogP contribution is 2.22. The van der Waals surface area contributed by atoms with Gasteiger partial charge in [0.25, 0.3) is 10.0 Å². The van der Waals surface area contributed by atoms with Crippen LogP contribution in [0, 0.1) is 6.92 Å². The van der Waals surface area contributed by atoms with Crippen molar-refractivity contribution in [2.24, 2.45) is 7.05 Å². The number of aryl methyl sites for hydroxylation is 1. The van der Waals surface area contributed by atoms with Crippen molar-refractivity contribution in [2.75, 3.05) is 4.72 Å². The Hall–Kier alpha value is -2.88. The van der Waals surface area contributed by atoms with Crippen LogP contribution < -0.4 is 4.72 Å². The van der Waals surface area contributed by atoms with Crippen LogP contribution in [0.1, 0.15) is 54.1 Å². The number of nitrogens with one attached hydrogen (secondary N) is 1. The van der Waals surface area contributed by atoms with Gasteiger partial charge in [-0.2, -0.15) is 5.10 Å². The van der Waals surface area contributed by atoms with Gasteiger partial charge >= 0.3 is 11.9 Å². The Kier molecular flexibility index (Phi) is 6.68. The number of carbonyl (C=O) groups excluding carboxylic acids is 2. The number of hydrogen-bond donors (Lipinski definition) is 1. The third-order valence-electron chi connectivity index (χ3n) is 3.82. The molecule has 0 saturated carbocycles. The van der Waals surface area contributed by atoms with Gasteiger partial charge in [0.1, 0.15) is 4.90 Å². The third-order valence-corrected chi connectivity index (χ3v) is 5.31. The number of hydrogen-bond acceptors (Lipinski definition) is 7. The molecule has 0 amide bonds. The molecule has 158 valence electrons. The molecule has 29 heavy (non-hydrogen) atoms. The minimum absolute atomic E-state index is 0.0125. The van der Waals surface area contributed by atoms with Gasteiger partial charge < -0.3 is 9.47 Å². The van der Waals surface area contributed by atoms with Crippen molar-refractivity contribution in [3.05, 3.63) is 41.2 Å². The Balaban J connectivity index is 2.47. The lowest BCUT2D eigenvalue weighted by atomic mass is 10.1. The van der Waals surface area contributed by atoms with E-state index in [-0.39, 0.29) is 33.9 Å². The molecular formula is C19H25N3O6S. The zero-order valence-corrected chi connectivity index (χ0v) is 18.0. The molecule has 1 N–H and O–H groups in total. The summed E-state index contributed by atoms with van der Waals surface area (Å²) in [4.78, 5) is 24.7. The van der Waals surface area contributed by atoms with Crippen LogP contribution in [0.4, 0.5) is 5.69 Å². The lowest BCUT2D eigenvalue weighted by Crippen LogP contribution is -2.18. The fourth-order valence-electron chi connectivity index (χ4n) is 2.44. The quantitative estimate of drug-likeness (QED) is 0.681. The molecular weight excluding hydrogens is 398 g/mol. The van der Waals surface area contributed by atoms with Crippen LogP contribution in [0.25, 0.3) is 0 Å². The molecule has 9 nitrogen and oxygen atoms in total. The fourth-order valence-corrected chi connectivity index (χ4v) is 3.68. The van der Waals surface area contributed by atoms with E-state index >= 15 is 0 Å². The average Bonchev–Trinajstić information content (AvgIpc) is 2.93. The third kappa shape index (κ3) is 5.57. The molecule has 2 aromatic rings. The van der Waals surface area contributed by atoms with Gasteiger partial charge in [-0.05, 0) is 52.8 Å². The minimum atomic E-state index is -3.99. The van der Waals surface area contributed by atoms with Crippen LogP contribution in [-0.4, -0.2) is 42.3 Å². The summed E-state index contributed by atoms with van der Waals surface area (Å²) in [6.45, 7) is 8.35. The van der Waals surface area contributed by atoms with E-state index in [1.54, 1.807) is 41.7 Å². The largest absolute Gasteiger partial charge is 0.459 e. The number of rotatable bonds is 7. The van der Waals surface area contributed by atoms with E-state index in [4.69, 9.17) is 9.47 Å². The van der Waals surface area contributed by atoms with E-state index < -0.39 is 22.0 Å². The molecule has 0 aliphatic carbocycles. The summed E-state index contributed by atoms with van der Waals surface area (Å²) < 4.78 is 39.7. The molecule has 0 fully saturated rings. The molecule has 0 atom stereocenters. The van der Waals surface area contributed by atoms with Gasteiger partial charge in [0.15, 0.2) is 0 Å². The van der Waals surface area contributed by atoms with Crippen LogP contribution in [0.5, 0.6) is 0 Å². The smallest absolute Gasteiger partial charge is 0.338 e. The number of sulfonamides is 1. The highest BCUT2D eigenvalue weighted by atomic mass is 32.2. The Bertz CT molecular complexity index is 984. The maximum absolute atomic E-state index is 12.8. The van der Waals surface area contributed by atoms with Crippen LogP contribution >= 0.6 is 0 Å². The van der Waals surface area contributed by atoms with Gasteiger partial charge in [0.2, 0.25) is 0 Å². The number of esters is 2. The van der Waals surface area contributed by atoms with Crippen molar-refractivity contribution < 1.29 is 27.5 Å². The summed E-state index contributed by atoms with van der Waals surface area (Å²) in [5.74, 6) is -1.37. The molecule has 0 radical (unpaired) electrons. The van der Waals surface area contributed by atoms with E-state index in [9.17, 15) is 18.0 Å². The van der Waals surface area contributed by atoms with Gasteiger partial charge in [0, 0.05) is 7.05 Å². The first-order valence-corrected chi connectivity index (χ1v) is 10.5. The summed E-state index contributed by atoms with van der Waals surface area (Å²) in [7, 11) is -2.37. The first-order chi connectivity index (χ1) is 13.4. The van der Waals surface area contributed by atoms with Crippen molar-refractivity contribution in [1.29, 1.82) is 0 Å². The Morgan fingerprint density at radius 3 is 1.86 bits per heavy atom. The first kappa shape index (κ1) is 22.4. The van der Waals surface area contributed by atoms with Crippen molar-refractivity contribution in [1.82, 2.24) is 9.78 Å². The lowest BCUT2D eigenvalue weighted by molar-refractivity contribution is 0.0377. The molecule has 0 saturated heterocycles. The second-order valence-electron chi connectivity index (χ2n) is 7.03. The Morgan fingerprint density at radius 1 is 1.00 bits per heavy atom. The van der Waals surface area contributed by atoms with Crippen molar-refractivity contribution in [2.45, 2.75) is 51.7 Å². The second kappa shape index (κ2) is 8.64. The highest BCUT2D eigenvalue weighted by Gasteiger charge is 2.23. The van der Waals surface area contributed by atoms with E-state index in [0.29, 0.717) is 5.69 Å². The molecule has 0 bridgehead atoms. The molecule has 0 aliphatic heterocycles. The molecule has 1 aromatic heterocycles. The zero-order valence-electron chi connectivity index (χ0n) is 17.2. The van der Waals surface area contributed by atoms with E-state index in [0.717, 1.165) is 0 Å². The highest BCUT2D eigenvalue weighted by molar-refractivity contribution is 7.92. The summed E-state index contributed by atoms with van der Waals surface area (Å²) in [5, 5.41) is 3.93. The van der Waals surface area contributed by atoms with Crippen molar-refractivity contribution >= 4 is 27.6 Å². The first-order valence-electron chi connectivity index (χ1n) is 8.99. The van der Waals surface area contributed by atoms with Gasteiger partial charge in [0.05, 0.1) is 40.9 Å². The molecule has 0 aliphatic rings. The average molecular weight is 423 g/mol. The summed E-state index contributed by atoms with van der Waals surface area (Å²) in [5.41, 5.74) is 0.518. The Morgan fingerprint density at radius 2 is 1.48 bits per heavy atom.